The summed E-state index contributed by atoms with van der Waals surface area (Å²) in [5, 5.41) is 5.14. The van der Waals surface area contributed by atoms with E-state index in [1.165, 1.54) is 10.5 Å². The number of anilines is 1. The summed E-state index contributed by atoms with van der Waals surface area (Å²) in [6, 6.07) is 34.8. The number of hydrogen-bond acceptors (Lipinski definition) is 5. The molecule has 0 aliphatic carbocycles. The molecule has 7 nitrogen and oxygen atoms in total. The van der Waals surface area contributed by atoms with Crippen molar-refractivity contribution in [1.82, 2.24) is 5.43 Å². The second-order valence-electron chi connectivity index (χ2n) is 10.1. The van der Waals surface area contributed by atoms with Gasteiger partial charge in [-0.1, -0.05) is 77.8 Å². The predicted molar refractivity (Wildman–Crippen MR) is 180 cm³/mol. The van der Waals surface area contributed by atoms with Gasteiger partial charge in [0.2, 0.25) is 0 Å². The van der Waals surface area contributed by atoms with Crippen LogP contribution in [-0.4, -0.2) is 20.5 Å². The molecule has 0 saturated heterocycles. The fraction of sp³-hybridized carbons (Fsp3) is 0.0857. The minimum Gasteiger partial charge on any atom is -0.489 e. The van der Waals surface area contributed by atoms with Gasteiger partial charge in [0.25, 0.3) is 15.9 Å². The number of carbonyl (C=O) groups excluding carboxylic acids is 1. The van der Waals surface area contributed by atoms with E-state index in [4.69, 9.17) is 27.9 Å². The number of nitrogens with zero attached hydrogens (tertiary/aromatic N) is 2. The van der Waals surface area contributed by atoms with E-state index in [1.807, 2.05) is 55.5 Å². The fourth-order valence-corrected chi connectivity index (χ4v) is 6.34. The molecule has 0 spiro atoms. The molecule has 0 radical (unpaired) electrons. The zero-order chi connectivity index (χ0) is 31.8. The third-order valence-corrected chi connectivity index (χ3v) is 9.30. The number of carbonyl (C=O) groups is 1. The first-order chi connectivity index (χ1) is 21.7. The summed E-state index contributed by atoms with van der Waals surface area (Å²) in [4.78, 5) is 12.9. The summed E-state index contributed by atoms with van der Waals surface area (Å²) in [6.45, 7) is 2.22. The molecule has 0 aliphatic rings. The Bertz CT molecular complexity index is 1920. The van der Waals surface area contributed by atoms with E-state index in [1.54, 1.807) is 72.8 Å². The van der Waals surface area contributed by atoms with Gasteiger partial charge in [-0.05, 0) is 90.3 Å². The van der Waals surface area contributed by atoms with Crippen LogP contribution in [0.3, 0.4) is 0 Å². The zero-order valence-electron chi connectivity index (χ0n) is 24.2. The number of hydrogen-bond donors (Lipinski definition) is 1. The molecular formula is C35H29Cl2N3O4S. The van der Waals surface area contributed by atoms with Gasteiger partial charge in [0.05, 0.1) is 23.3 Å². The Labute approximate surface area is 272 Å². The van der Waals surface area contributed by atoms with Crippen LogP contribution in [-0.2, 0) is 23.2 Å². The highest BCUT2D eigenvalue weighted by Gasteiger charge is 2.26. The van der Waals surface area contributed by atoms with Crippen LogP contribution in [0.1, 0.15) is 32.6 Å². The average molecular weight is 659 g/mol. The normalized spacial score (nSPS) is 11.4. The Hall–Kier alpha value is -4.63. The van der Waals surface area contributed by atoms with E-state index >= 15 is 0 Å². The largest absolute Gasteiger partial charge is 0.489 e. The number of sulfonamides is 1. The third kappa shape index (κ3) is 8.10. The van der Waals surface area contributed by atoms with Crippen LogP contribution in [0, 0.1) is 6.92 Å². The molecule has 0 fully saturated rings. The monoisotopic (exact) mass is 657 g/mol. The summed E-state index contributed by atoms with van der Waals surface area (Å²) in [6.07, 6.45) is 1.53. The van der Waals surface area contributed by atoms with Crippen LogP contribution < -0.4 is 14.5 Å². The van der Waals surface area contributed by atoms with Gasteiger partial charge in [0.15, 0.2) is 0 Å². The second-order valence-corrected chi connectivity index (χ2v) is 12.8. The fourth-order valence-electron chi connectivity index (χ4n) is 4.45. The molecule has 0 atom stereocenters. The van der Waals surface area contributed by atoms with E-state index in [2.05, 4.69) is 10.5 Å². The minimum absolute atomic E-state index is 0.0383. The van der Waals surface area contributed by atoms with Crippen LogP contribution in [0.2, 0.25) is 10.0 Å². The Morgan fingerprint density at radius 2 is 1.56 bits per heavy atom. The SMILES string of the molecule is Cc1ccc(Cl)cc1N(Cc1ccc(C(=O)N/N=C\c2ccc(OCc3ccccc3Cl)cc2)cc1)S(=O)(=O)c1ccccc1. The number of rotatable bonds is 11. The maximum absolute atomic E-state index is 13.7. The molecule has 10 heteroatoms. The first-order valence-corrected chi connectivity index (χ1v) is 16.1. The Kier molecular flexibility index (Phi) is 10.2. The van der Waals surface area contributed by atoms with Crippen LogP contribution >= 0.6 is 23.2 Å². The maximum Gasteiger partial charge on any atom is 0.271 e. The molecule has 0 unspecified atom stereocenters. The number of ether oxygens (including phenoxy) is 1. The van der Waals surface area contributed by atoms with E-state index in [0.717, 1.165) is 16.7 Å². The number of benzene rings is 5. The van der Waals surface area contributed by atoms with Gasteiger partial charge >= 0.3 is 0 Å². The highest BCUT2D eigenvalue weighted by Crippen LogP contribution is 2.31. The quantitative estimate of drug-likeness (QED) is 0.115. The van der Waals surface area contributed by atoms with Gasteiger partial charge in [-0.25, -0.2) is 13.8 Å². The van der Waals surface area contributed by atoms with Gasteiger partial charge < -0.3 is 4.74 Å². The first-order valence-electron chi connectivity index (χ1n) is 13.9. The molecule has 1 N–H and O–H groups in total. The van der Waals surface area contributed by atoms with Crippen LogP contribution in [0.25, 0.3) is 0 Å². The molecule has 1 amide bonds. The van der Waals surface area contributed by atoms with E-state index in [0.29, 0.717) is 39.2 Å². The smallest absolute Gasteiger partial charge is 0.271 e. The lowest BCUT2D eigenvalue weighted by atomic mass is 10.1. The van der Waals surface area contributed by atoms with Crippen molar-refractivity contribution >= 4 is 51.0 Å². The molecular weight excluding hydrogens is 629 g/mol. The molecule has 5 rings (SSSR count). The molecule has 45 heavy (non-hydrogen) atoms. The molecule has 0 aliphatic heterocycles. The van der Waals surface area contributed by atoms with Crippen molar-refractivity contribution in [2.24, 2.45) is 5.10 Å². The van der Waals surface area contributed by atoms with E-state index in [-0.39, 0.29) is 11.4 Å². The van der Waals surface area contributed by atoms with Gasteiger partial charge in [-0.2, -0.15) is 5.10 Å². The minimum atomic E-state index is -3.91. The summed E-state index contributed by atoms with van der Waals surface area (Å²) in [7, 11) is -3.91. The van der Waals surface area contributed by atoms with E-state index < -0.39 is 15.9 Å². The Morgan fingerprint density at radius 3 is 2.27 bits per heavy atom. The van der Waals surface area contributed by atoms with Crippen molar-refractivity contribution in [3.63, 3.8) is 0 Å². The van der Waals surface area contributed by atoms with Gasteiger partial charge in [0, 0.05) is 21.2 Å². The first kappa shape index (κ1) is 31.8. The van der Waals surface area contributed by atoms with Crippen LogP contribution in [0.5, 0.6) is 5.75 Å². The van der Waals surface area contributed by atoms with Crippen molar-refractivity contribution in [1.29, 1.82) is 0 Å². The number of halogens is 2. The van der Waals surface area contributed by atoms with Crippen molar-refractivity contribution in [2.75, 3.05) is 4.31 Å². The lowest BCUT2D eigenvalue weighted by molar-refractivity contribution is 0.0955. The number of aryl methyl sites for hydroxylation is 1. The lowest BCUT2D eigenvalue weighted by Crippen LogP contribution is -2.31. The topological polar surface area (TPSA) is 88.1 Å². The molecule has 0 saturated carbocycles. The third-order valence-electron chi connectivity index (χ3n) is 6.93. The molecule has 0 aromatic heterocycles. The summed E-state index contributed by atoms with van der Waals surface area (Å²) in [5.41, 5.74) is 6.48. The molecule has 0 bridgehead atoms. The van der Waals surface area contributed by atoms with Crippen LogP contribution in [0.15, 0.2) is 131 Å². The summed E-state index contributed by atoms with van der Waals surface area (Å²) >= 11 is 12.4. The molecule has 5 aromatic rings. The molecule has 228 valence electrons. The van der Waals surface area contributed by atoms with E-state index in [9.17, 15) is 13.2 Å². The van der Waals surface area contributed by atoms with Gasteiger partial charge in [-0.3, -0.25) is 9.10 Å². The van der Waals surface area contributed by atoms with Crippen molar-refractivity contribution < 1.29 is 17.9 Å². The number of nitrogens with one attached hydrogen (secondary N) is 1. The highest BCUT2D eigenvalue weighted by atomic mass is 35.5. The number of hydrazone groups is 1. The van der Waals surface area contributed by atoms with Crippen molar-refractivity contribution in [3.8, 4) is 5.75 Å². The summed E-state index contributed by atoms with van der Waals surface area (Å²) < 4.78 is 34.6. The second kappa shape index (κ2) is 14.4. The Morgan fingerprint density at radius 1 is 0.867 bits per heavy atom. The standard InChI is InChI=1S/C35H29Cl2N3O4S/c1-25-11-18-30(36)21-34(25)40(45(42,43)32-8-3-2-4-9-32)23-27-12-16-28(17-13-27)35(41)39-38-22-26-14-19-31(20-15-26)44-24-29-7-5-6-10-33(29)37/h2-22H,23-24H2,1H3,(H,39,41)/b38-22-. The summed E-state index contributed by atoms with van der Waals surface area (Å²) in [5.74, 6) is 0.272. The Balaban J connectivity index is 1.23. The number of amides is 1. The zero-order valence-corrected chi connectivity index (χ0v) is 26.6. The molecule has 5 aromatic carbocycles. The van der Waals surface area contributed by atoms with Gasteiger partial charge in [0.1, 0.15) is 12.4 Å². The van der Waals surface area contributed by atoms with Crippen LogP contribution in [0.4, 0.5) is 5.69 Å². The highest BCUT2D eigenvalue weighted by molar-refractivity contribution is 7.92. The van der Waals surface area contributed by atoms with Crippen molar-refractivity contribution in [2.45, 2.75) is 25.0 Å². The predicted octanol–water partition coefficient (Wildman–Crippen LogP) is 8.04. The maximum atomic E-state index is 13.7. The average Bonchev–Trinajstić information content (AvgIpc) is 3.05. The lowest BCUT2D eigenvalue weighted by Gasteiger charge is -2.26. The van der Waals surface area contributed by atoms with Crippen molar-refractivity contribution in [3.05, 3.63) is 159 Å². The molecule has 0 heterocycles. The van der Waals surface area contributed by atoms with Gasteiger partial charge in [-0.15, -0.1) is 0 Å².